The number of amides is 1. The van der Waals surface area contributed by atoms with Crippen molar-refractivity contribution in [3.05, 3.63) is 28.7 Å². The molecule has 0 bridgehead atoms. The van der Waals surface area contributed by atoms with Crippen LogP contribution < -0.4 is 5.32 Å². The van der Waals surface area contributed by atoms with Crippen molar-refractivity contribution >= 4 is 28.2 Å². The number of fused-ring (bicyclic) bond motifs is 1. The van der Waals surface area contributed by atoms with Gasteiger partial charge < -0.3 is 10.1 Å². The van der Waals surface area contributed by atoms with Gasteiger partial charge in [-0.25, -0.2) is 14.5 Å². The number of carbonyl (C=O) groups excluding carboxylic acids is 2. The second-order valence-corrected chi connectivity index (χ2v) is 7.12. The standard InChI is InChI=1S/C16H20N4O3S/c1-10(2)23-16(22)14-11-5-3-4-6-12(11)24-15(14)19-13(21)7-20-9-17-8-18-20/h8-10H,3-7H2,1-2H3,(H,19,21). The summed E-state index contributed by atoms with van der Waals surface area (Å²) < 4.78 is 6.82. The fourth-order valence-electron chi connectivity index (χ4n) is 2.77. The molecule has 2 aromatic heterocycles. The zero-order chi connectivity index (χ0) is 17.1. The van der Waals surface area contributed by atoms with Crippen LogP contribution >= 0.6 is 11.3 Å². The average Bonchev–Trinajstić information content (AvgIpc) is 3.13. The van der Waals surface area contributed by atoms with Gasteiger partial charge in [-0.15, -0.1) is 11.3 Å². The molecule has 0 atom stereocenters. The fraction of sp³-hybridized carbons (Fsp3) is 0.500. The van der Waals surface area contributed by atoms with Gasteiger partial charge in [0.25, 0.3) is 0 Å². The Kier molecular flexibility index (Phi) is 4.94. The third kappa shape index (κ3) is 3.64. The summed E-state index contributed by atoms with van der Waals surface area (Å²) in [7, 11) is 0. The van der Waals surface area contributed by atoms with Crippen LogP contribution in [0.1, 0.15) is 47.5 Å². The Labute approximate surface area is 144 Å². The number of nitrogens with one attached hydrogen (secondary N) is 1. The third-order valence-corrected chi connectivity index (χ3v) is 4.95. The van der Waals surface area contributed by atoms with Crippen molar-refractivity contribution in [2.75, 3.05) is 5.32 Å². The maximum atomic E-state index is 12.5. The molecule has 2 heterocycles. The number of thiophene rings is 1. The highest BCUT2D eigenvalue weighted by atomic mass is 32.1. The largest absolute Gasteiger partial charge is 0.459 e. The molecular weight excluding hydrogens is 328 g/mol. The highest BCUT2D eigenvalue weighted by molar-refractivity contribution is 7.17. The summed E-state index contributed by atoms with van der Waals surface area (Å²) in [5.41, 5.74) is 1.56. The maximum Gasteiger partial charge on any atom is 0.341 e. The van der Waals surface area contributed by atoms with E-state index in [0.717, 1.165) is 31.2 Å². The van der Waals surface area contributed by atoms with Crippen LogP contribution in [0.15, 0.2) is 12.7 Å². The molecule has 2 aromatic rings. The lowest BCUT2D eigenvalue weighted by Gasteiger charge is -2.14. The average molecular weight is 348 g/mol. The van der Waals surface area contributed by atoms with Gasteiger partial charge in [0.2, 0.25) is 5.91 Å². The first-order valence-corrected chi connectivity index (χ1v) is 8.84. The fourth-order valence-corrected chi connectivity index (χ4v) is 4.06. The van der Waals surface area contributed by atoms with Gasteiger partial charge in [-0.1, -0.05) is 0 Å². The Hall–Kier alpha value is -2.22. The molecule has 1 amide bonds. The number of aryl methyl sites for hydroxylation is 1. The molecule has 128 valence electrons. The molecule has 0 aromatic carbocycles. The summed E-state index contributed by atoms with van der Waals surface area (Å²) >= 11 is 1.48. The minimum Gasteiger partial charge on any atom is -0.459 e. The molecule has 0 spiro atoms. The molecule has 1 aliphatic rings. The highest BCUT2D eigenvalue weighted by Crippen LogP contribution is 2.38. The van der Waals surface area contributed by atoms with Crippen molar-refractivity contribution in [3.8, 4) is 0 Å². The van der Waals surface area contributed by atoms with E-state index in [4.69, 9.17) is 4.74 Å². The van der Waals surface area contributed by atoms with E-state index in [1.807, 2.05) is 13.8 Å². The van der Waals surface area contributed by atoms with Crippen LogP contribution in [0.5, 0.6) is 0 Å². The van der Waals surface area contributed by atoms with Gasteiger partial charge in [0.1, 0.15) is 24.2 Å². The quantitative estimate of drug-likeness (QED) is 0.839. The Balaban J connectivity index is 1.84. The highest BCUT2D eigenvalue weighted by Gasteiger charge is 2.27. The Morgan fingerprint density at radius 1 is 1.38 bits per heavy atom. The monoisotopic (exact) mass is 348 g/mol. The number of nitrogens with zero attached hydrogens (tertiary/aromatic N) is 3. The zero-order valence-corrected chi connectivity index (χ0v) is 14.6. The van der Waals surface area contributed by atoms with Crippen LogP contribution in [-0.4, -0.2) is 32.7 Å². The van der Waals surface area contributed by atoms with E-state index in [2.05, 4.69) is 15.4 Å². The molecule has 7 nitrogen and oxygen atoms in total. The van der Waals surface area contributed by atoms with E-state index in [-0.39, 0.29) is 24.5 Å². The lowest BCUT2D eigenvalue weighted by Crippen LogP contribution is -2.21. The first kappa shape index (κ1) is 16.6. The maximum absolute atomic E-state index is 12.5. The number of ether oxygens (including phenoxy) is 1. The van der Waals surface area contributed by atoms with Crippen LogP contribution in [0.25, 0.3) is 0 Å². The predicted octanol–water partition coefficient (Wildman–Crippen LogP) is 2.42. The van der Waals surface area contributed by atoms with E-state index in [1.54, 1.807) is 0 Å². The smallest absolute Gasteiger partial charge is 0.341 e. The summed E-state index contributed by atoms with van der Waals surface area (Å²) in [5, 5.41) is 7.35. The van der Waals surface area contributed by atoms with Gasteiger partial charge in [-0.3, -0.25) is 4.79 Å². The third-order valence-electron chi connectivity index (χ3n) is 3.74. The molecule has 0 saturated carbocycles. The SMILES string of the molecule is CC(C)OC(=O)c1c(NC(=O)Cn2cncn2)sc2c1CCCC2. The van der Waals surface area contributed by atoms with Crippen molar-refractivity contribution in [1.82, 2.24) is 14.8 Å². The molecular formula is C16H20N4O3S. The van der Waals surface area contributed by atoms with Gasteiger partial charge >= 0.3 is 5.97 Å². The van der Waals surface area contributed by atoms with E-state index in [9.17, 15) is 9.59 Å². The van der Waals surface area contributed by atoms with Crippen molar-refractivity contribution in [2.24, 2.45) is 0 Å². The number of hydrogen-bond acceptors (Lipinski definition) is 6. The van der Waals surface area contributed by atoms with Gasteiger partial charge in [-0.05, 0) is 45.1 Å². The van der Waals surface area contributed by atoms with Gasteiger partial charge in [-0.2, -0.15) is 5.10 Å². The van der Waals surface area contributed by atoms with Gasteiger partial charge in [0.15, 0.2) is 0 Å². The van der Waals surface area contributed by atoms with E-state index < -0.39 is 0 Å². The molecule has 0 aliphatic heterocycles. The normalized spacial score (nSPS) is 13.6. The molecule has 0 radical (unpaired) electrons. The van der Waals surface area contributed by atoms with Crippen LogP contribution in [0.3, 0.4) is 0 Å². The molecule has 3 rings (SSSR count). The summed E-state index contributed by atoms with van der Waals surface area (Å²) in [6.45, 7) is 3.70. The van der Waals surface area contributed by atoms with Crippen molar-refractivity contribution in [2.45, 2.75) is 52.2 Å². The van der Waals surface area contributed by atoms with Crippen LogP contribution in [0.2, 0.25) is 0 Å². The Morgan fingerprint density at radius 3 is 2.88 bits per heavy atom. The predicted molar refractivity (Wildman–Crippen MR) is 90.2 cm³/mol. The number of aromatic nitrogens is 3. The Bertz CT molecular complexity index is 737. The van der Waals surface area contributed by atoms with E-state index in [1.165, 1.54) is 33.6 Å². The van der Waals surface area contributed by atoms with Gasteiger partial charge in [0, 0.05) is 4.88 Å². The lowest BCUT2D eigenvalue weighted by molar-refractivity contribution is -0.116. The van der Waals surface area contributed by atoms with Crippen molar-refractivity contribution in [3.63, 3.8) is 0 Å². The van der Waals surface area contributed by atoms with Crippen LogP contribution in [0.4, 0.5) is 5.00 Å². The van der Waals surface area contributed by atoms with Crippen LogP contribution in [-0.2, 0) is 28.9 Å². The second kappa shape index (κ2) is 7.12. The summed E-state index contributed by atoms with van der Waals surface area (Å²) in [6, 6.07) is 0. The lowest BCUT2D eigenvalue weighted by atomic mass is 9.95. The molecule has 0 fully saturated rings. The summed E-state index contributed by atoms with van der Waals surface area (Å²) in [5.74, 6) is -0.599. The first-order chi connectivity index (χ1) is 11.5. The van der Waals surface area contributed by atoms with Crippen molar-refractivity contribution < 1.29 is 14.3 Å². The number of esters is 1. The zero-order valence-electron chi connectivity index (χ0n) is 13.7. The number of anilines is 1. The first-order valence-electron chi connectivity index (χ1n) is 8.02. The second-order valence-electron chi connectivity index (χ2n) is 6.01. The van der Waals surface area contributed by atoms with E-state index >= 15 is 0 Å². The number of rotatable bonds is 5. The molecule has 8 heteroatoms. The molecule has 0 saturated heterocycles. The van der Waals surface area contributed by atoms with Gasteiger partial charge in [0.05, 0.1) is 11.7 Å². The summed E-state index contributed by atoms with van der Waals surface area (Å²) in [4.78, 5) is 29.7. The van der Waals surface area contributed by atoms with E-state index in [0.29, 0.717) is 10.6 Å². The molecule has 0 unspecified atom stereocenters. The number of carbonyl (C=O) groups is 2. The Morgan fingerprint density at radius 2 is 2.17 bits per heavy atom. The number of hydrogen-bond donors (Lipinski definition) is 1. The topological polar surface area (TPSA) is 86.1 Å². The van der Waals surface area contributed by atoms with Crippen LogP contribution in [0, 0.1) is 0 Å². The van der Waals surface area contributed by atoms with Crippen molar-refractivity contribution in [1.29, 1.82) is 0 Å². The minimum atomic E-state index is -0.361. The summed E-state index contributed by atoms with van der Waals surface area (Å²) in [6.07, 6.45) is 6.62. The molecule has 1 aliphatic carbocycles. The minimum absolute atomic E-state index is 0.0568. The molecule has 24 heavy (non-hydrogen) atoms. The molecule has 1 N–H and O–H groups in total.